The van der Waals surface area contributed by atoms with Gasteiger partial charge >= 0.3 is 0 Å². The molecule has 0 aromatic carbocycles. The molecule has 8 heteroatoms. The number of nitrogens with one attached hydrogen (secondary N) is 3. The van der Waals surface area contributed by atoms with Gasteiger partial charge in [-0.15, -0.1) is 12.4 Å². The van der Waals surface area contributed by atoms with E-state index in [1.165, 1.54) is 18.7 Å². The molecule has 1 aliphatic rings. The van der Waals surface area contributed by atoms with E-state index in [0.29, 0.717) is 12.6 Å². The van der Waals surface area contributed by atoms with E-state index in [1.54, 1.807) is 0 Å². The molecule has 19 heavy (non-hydrogen) atoms. The van der Waals surface area contributed by atoms with Gasteiger partial charge < -0.3 is 15.6 Å². The largest absolute Gasteiger partial charge is 0.351 e. The zero-order valence-electron chi connectivity index (χ0n) is 10.3. The van der Waals surface area contributed by atoms with Crippen LogP contribution in [0.5, 0.6) is 0 Å². The van der Waals surface area contributed by atoms with Gasteiger partial charge in [-0.3, -0.25) is 14.9 Å². The quantitative estimate of drug-likeness (QED) is 0.560. The number of halogens is 1. The van der Waals surface area contributed by atoms with Crippen LogP contribution >= 0.6 is 12.4 Å². The normalized spacial score (nSPS) is 17.8. The van der Waals surface area contributed by atoms with Gasteiger partial charge in [-0.25, -0.2) is 0 Å². The summed E-state index contributed by atoms with van der Waals surface area (Å²) in [6.07, 6.45) is 4.42. The van der Waals surface area contributed by atoms with Crippen molar-refractivity contribution in [2.45, 2.75) is 25.3 Å². The number of amides is 1. The third-order valence-corrected chi connectivity index (χ3v) is 3.06. The topological polar surface area (TPSA) is 100 Å². The Morgan fingerprint density at radius 1 is 1.58 bits per heavy atom. The Morgan fingerprint density at radius 2 is 2.37 bits per heavy atom. The molecule has 2 heterocycles. The second-order valence-corrected chi connectivity index (χ2v) is 4.37. The van der Waals surface area contributed by atoms with Gasteiger partial charge in [0.1, 0.15) is 5.69 Å². The van der Waals surface area contributed by atoms with Crippen LogP contribution in [-0.4, -0.2) is 34.9 Å². The smallest absolute Gasteiger partial charge is 0.287 e. The average Bonchev–Trinajstić information content (AvgIpc) is 2.99. The number of hydrogen-bond acceptors (Lipinski definition) is 4. The summed E-state index contributed by atoms with van der Waals surface area (Å²) in [7, 11) is 0. The summed E-state index contributed by atoms with van der Waals surface area (Å²) in [4.78, 5) is 24.2. The van der Waals surface area contributed by atoms with Gasteiger partial charge in [0.25, 0.3) is 11.6 Å². The highest BCUT2D eigenvalue weighted by Gasteiger charge is 2.16. The molecule has 0 saturated carbocycles. The van der Waals surface area contributed by atoms with Gasteiger partial charge in [-0.1, -0.05) is 0 Å². The Labute approximate surface area is 116 Å². The van der Waals surface area contributed by atoms with Gasteiger partial charge in [0.05, 0.1) is 11.1 Å². The van der Waals surface area contributed by atoms with Crippen molar-refractivity contribution in [2.75, 3.05) is 13.1 Å². The van der Waals surface area contributed by atoms with Gasteiger partial charge in [0.2, 0.25) is 0 Å². The molecule has 0 spiro atoms. The summed E-state index contributed by atoms with van der Waals surface area (Å²) in [6, 6.07) is 1.71. The number of nitro groups is 1. The molecule has 0 bridgehead atoms. The van der Waals surface area contributed by atoms with Crippen molar-refractivity contribution >= 4 is 24.0 Å². The average molecular weight is 289 g/mol. The summed E-state index contributed by atoms with van der Waals surface area (Å²) >= 11 is 0. The lowest BCUT2D eigenvalue weighted by molar-refractivity contribution is -0.384. The Morgan fingerprint density at radius 3 is 2.95 bits per heavy atom. The van der Waals surface area contributed by atoms with E-state index in [2.05, 4.69) is 15.6 Å². The minimum atomic E-state index is -0.532. The number of H-pyrrole nitrogens is 1. The van der Waals surface area contributed by atoms with Crippen LogP contribution in [0.4, 0.5) is 5.69 Å². The van der Waals surface area contributed by atoms with E-state index in [0.717, 1.165) is 19.4 Å². The van der Waals surface area contributed by atoms with Crippen molar-refractivity contribution < 1.29 is 9.72 Å². The van der Waals surface area contributed by atoms with Crippen LogP contribution in [0, 0.1) is 10.1 Å². The molecule has 1 amide bonds. The van der Waals surface area contributed by atoms with E-state index in [4.69, 9.17) is 0 Å². The molecule has 1 atom stereocenters. The highest BCUT2D eigenvalue weighted by molar-refractivity contribution is 5.93. The van der Waals surface area contributed by atoms with E-state index >= 15 is 0 Å². The predicted octanol–water partition coefficient (Wildman–Crippen LogP) is 1.22. The number of aromatic amines is 1. The molecular weight excluding hydrogens is 272 g/mol. The van der Waals surface area contributed by atoms with E-state index in [9.17, 15) is 14.9 Å². The third-order valence-electron chi connectivity index (χ3n) is 3.06. The molecule has 2 rings (SSSR count). The minimum Gasteiger partial charge on any atom is -0.351 e. The van der Waals surface area contributed by atoms with E-state index in [1.807, 2.05) is 0 Å². The van der Waals surface area contributed by atoms with Gasteiger partial charge in [-0.2, -0.15) is 0 Å². The van der Waals surface area contributed by atoms with Crippen molar-refractivity contribution in [2.24, 2.45) is 0 Å². The van der Waals surface area contributed by atoms with Gasteiger partial charge in [-0.05, 0) is 25.8 Å². The summed E-state index contributed by atoms with van der Waals surface area (Å²) in [6.45, 7) is 1.62. The highest BCUT2D eigenvalue weighted by Crippen LogP contribution is 2.12. The van der Waals surface area contributed by atoms with Crippen molar-refractivity contribution in [1.82, 2.24) is 15.6 Å². The summed E-state index contributed by atoms with van der Waals surface area (Å²) in [5.74, 6) is -0.305. The first kappa shape index (κ1) is 15.5. The number of rotatable bonds is 5. The zero-order chi connectivity index (χ0) is 13.0. The van der Waals surface area contributed by atoms with Crippen LogP contribution in [0.25, 0.3) is 0 Å². The molecule has 3 N–H and O–H groups in total. The first-order chi connectivity index (χ1) is 8.66. The Kier molecular flexibility index (Phi) is 5.78. The molecule has 0 aliphatic carbocycles. The van der Waals surface area contributed by atoms with Crippen LogP contribution in [0.3, 0.4) is 0 Å². The molecule has 1 saturated heterocycles. The predicted molar refractivity (Wildman–Crippen MR) is 72.7 cm³/mol. The first-order valence-corrected chi connectivity index (χ1v) is 6.01. The fraction of sp³-hybridized carbons (Fsp3) is 0.545. The molecule has 1 aliphatic heterocycles. The molecule has 106 valence electrons. The number of carbonyl (C=O) groups is 1. The lowest BCUT2D eigenvalue weighted by atomic mass is 10.1. The summed E-state index contributed by atoms with van der Waals surface area (Å²) < 4.78 is 0. The van der Waals surface area contributed by atoms with Crippen molar-refractivity contribution in [3.05, 3.63) is 28.1 Å². The minimum absolute atomic E-state index is 0. The van der Waals surface area contributed by atoms with Crippen LogP contribution < -0.4 is 10.6 Å². The molecule has 1 aromatic heterocycles. The fourth-order valence-corrected chi connectivity index (χ4v) is 2.08. The lowest BCUT2D eigenvalue weighted by Gasteiger charge is -2.09. The molecule has 1 aromatic rings. The Balaban J connectivity index is 0.00000180. The number of nitrogens with zero attached hydrogens (tertiary/aromatic N) is 1. The second-order valence-electron chi connectivity index (χ2n) is 4.37. The summed E-state index contributed by atoms with van der Waals surface area (Å²) in [5.41, 5.74) is 0.124. The maximum Gasteiger partial charge on any atom is 0.287 e. The van der Waals surface area contributed by atoms with Crippen molar-refractivity contribution in [3.63, 3.8) is 0 Å². The number of hydrogen-bond donors (Lipinski definition) is 3. The van der Waals surface area contributed by atoms with Crippen molar-refractivity contribution in [3.8, 4) is 0 Å². The van der Waals surface area contributed by atoms with Crippen molar-refractivity contribution in [1.29, 1.82) is 0 Å². The van der Waals surface area contributed by atoms with E-state index < -0.39 is 4.92 Å². The zero-order valence-corrected chi connectivity index (χ0v) is 11.2. The van der Waals surface area contributed by atoms with Crippen LogP contribution in [0.15, 0.2) is 12.3 Å². The van der Waals surface area contributed by atoms with Crippen LogP contribution in [0.1, 0.15) is 29.8 Å². The highest BCUT2D eigenvalue weighted by atomic mass is 35.5. The molecule has 0 unspecified atom stereocenters. The van der Waals surface area contributed by atoms with Gasteiger partial charge in [0.15, 0.2) is 0 Å². The Bertz CT molecular complexity index is 443. The van der Waals surface area contributed by atoms with Gasteiger partial charge in [0, 0.05) is 18.7 Å². The maximum atomic E-state index is 11.7. The summed E-state index contributed by atoms with van der Waals surface area (Å²) in [5, 5.41) is 16.6. The molecule has 0 radical (unpaired) electrons. The number of carbonyl (C=O) groups excluding carboxylic acids is 1. The number of aromatic nitrogens is 1. The fourth-order valence-electron chi connectivity index (χ4n) is 2.08. The SMILES string of the molecule is Cl.O=C(NCC[C@H]1CCCN1)c1cc([N+](=O)[O-])c[nH]1. The maximum absolute atomic E-state index is 11.7. The third kappa shape index (κ3) is 4.22. The molecule has 1 fully saturated rings. The van der Waals surface area contributed by atoms with Crippen LogP contribution in [0.2, 0.25) is 0 Å². The van der Waals surface area contributed by atoms with E-state index in [-0.39, 0.29) is 29.7 Å². The standard InChI is InChI=1S/C11H16N4O3.ClH/c16-11(10-6-9(7-14-10)15(17)18)13-5-3-8-2-1-4-12-8;/h6-8,12,14H,1-5H2,(H,13,16);1H/t8-;/m1./s1. The first-order valence-electron chi connectivity index (χ1n) is 6.01. The van der Waals surface area contributed by atoms with Crippen LogP contribution in [-0.2, 0) is 0 Å². The second kappa shape index (κ2) is 7.10. The molecular formula is C11H17ClN4O3. The lowest BCUT2D eigenvalue weighted by Crippen LogP contribution is -2.30. The monoisotopic (exact) mass is 288 g/mol. The Hall–Kier alpha value is -1.60. The molecule has 7 nitrogen and oxygen atoms in total.